The Morgan fingerprint density at radius 3 is 2.65 bits per heavy atom. The largest absolute Gasteiger partial charge is 0.368 e. The predicted octanol–water partition coefficient (Wildman–Crippen LogP) is 3.82. The number of nitrogens with zero attached hydrogens (tertiary/aromatic N) is 3. The summed E-state index contributed by atoms with van der Waals surface area (Å²) in [6.07, 6.45) is 0.970. The van der Waals surface area contributed by atoms with Crippen molar-refractivity contribution in [2.75, 3.05) is 30.9 Å². The van der Waals surface area contributed by atoms with E-state index < -0.39 is 0 Å². The summed E-state index contributed by atoms with van der Waals surface area (Å²) in [6.45, 7) is 4.16. The van der Waals surface area contributed by atoms with E-state index in [-0.39, 0.29) is 0 Å². The van der Waals surface area contributed by atoms with Gasteiger partial charge in [-0.05, 0) is 30.7 Å². The highest BCUT2D eigenvalue weighted by atomic mass is 35.5. The van der Waals surface area contributed by atoms with Crippen LogP contribution in [0.5, 0.6) is 0 Å². The highest BCUT2D eigenvalue weighted by molar-refractivity contribution is 8.03. The van der Waals surface area contributed by atoms with Gasteiger partial charge in [0.05, 0.1) is 23.0 Å². The zero-order chi connectivity index (χ0) is 14.1. The van der Waals surface area contributed by atoms with Crippen LogP contribution in [0.3, 0.4) is 0 Å². The summed E-state index contributed by atoms with van der Waals surface area (Å²) in [5.74, 6) is 1.17. The summed E-state index contributed by atoms with van der Waals surface area (Å²) in [5, 5.41) is 9.00. The van der Waals surface area contributed by atoms with E-state index in [9.17, 15) is 0 Å². The topological polar surface area (TPSA) is 18.8 Å². The number of benzene rings is 1. The zero-order valence-corrected chi connectivity index (χ0v) is 13.3. The molecule has 0 bridgehead atoms. The standard InChI is InChI=1S/C15H18ClN3S/c1-3-14-13(15-18(2)8-9-20-15)10-19(17-14)12-6-4-11(16)5-7-12/h4-7H,3,8-10H2,1-2H3/b15-13-. The van der Waals surface area contributed by atoms with Crippen LogP contribution in [0.1, 0.15) is 13.3 Å². The highest BCUT2D eigenvalue weighted by Crippen LogP contribution is 2.34. The lowest BCUT2D eigenvalue weighted by molar-refractivity contribution is 0.490. The molecule has 0 aliphatic carbocycles. The van der Waals surface area contributed by atoms with E-state index in [1.165, 1.54) is 22.1 Å². The smallest absolute Gasteiger partial charge is 0.0776 e. The van der Waals surface area contributed by atoms with E-state index in [0.717, 1.165) is 30.2 Å². The van der Waals surface area contributed by atoms with Gasteiger partial charge in [-0.25, -0.2) is 0 Å². The third-order valence-corrected chi connectivity index (χ3v) is 5.10. The Morgan fingerprint density at radius 1 is 1.30 bits per heavy atom. The fraction of sp³-hybridized carbons (Fsp3) is 0.400. The van der Waals surface area contributed by atoms with Crippen LogP contribution in [-0.4, -0.2) is 36.5 Å². The van der Waals surface area contributed by atoms with Gasteiger partial charge in [0.15, 0.2) is 0 Å². The Bertz CT molecular complexity index is 565. The first-order chi connectivity index (χ1) is 9.69. The van der Waals surface area contributed by atoms with Crippen LogP contribution in [-0.2, 0) is 0 Å². The summed E-state index contributed by atoms with van der Waals surface area (Å²) in [5.41, 5.74) is 3.69. The van der Waals surface area contributed by atoms with Crippen molar-refractivity contribution in [2.45, 2.75) is 13.3 Å². The van der Waals surface area contributed by atoms with Gasteiger partial charge in [-0.15, -0.1) is 11.8 Å². The minimum absolute atomic E-state index is 0.761. The lowest BCUT2D eigenvalue weighted by atomic mass is 10.1. The van der Waals surface area contributed by atoms with Crippen LogP contribution < -0.4 is 5.01 Å². The molecule has 0 amide bonds. The minimum Gasteiger partial charge on any atom is -0.368 e. The summed E-state index contributed by atoms with van der Waals surface area (Å²) in [7, 11) is 2.17. The van der Waals surface area contributed by atoms with Crippen LogP contribution in [0.25, 0.3) is 0 Å². The van der Waals surface area contributed by atoms with Crippen molar-refractivity contribution in [1.29, 1.82) is 0 Å². The summed E-state index contributed by atoms with van der Waals surface area (Å²) < 4.78 is 0. The summed E-state index contributed by atoms with van der Waals surface area (Å²) in [6, 6.07) is 7.88. The minimum atomic E-state index is 0.761. The molecule has 20 heavy (non-hydrogen) atoms. The predicted molar refractivity (Wildman–Crippen MR) is 88.6 cm³/mol. The monoisotopic (exact) mass is 307 g/mol. The van der Waals surface area contributed by atoms with Crippen molar-refractivity contribution in [3.8, 4) is 0 Å². The molecule has 1 aromatic carbocycles. The maximum absolute atomic E-state index is 5.95. The first kappa shape index (κ1) is 13.8. The molecular formula is C15H18ClN3S. The first-order valence-corrected chi connectivity index (χ1v) is 8.23. The molecule has 5 heteroatoms. The third kappa shape index (κ3) is 2.54. The Hall–Kier alpha value is -1.13. The molecule has 1 fully saturated rings. The molecule has 0 spiro atoms. The van der Waals surface area contributed by atoms with Crippen LogP contribution in [0.15, 0.2) is 40.0 Å². The molecule has 0 atom stereocenters. The molecule has 0 saturated carbocycles. The van der Waals surface area contributed by atoms with Crippen LogP contribution in [0.4, 0.5) is 5.69 Å². The Balaban J connectivity index is 1.91. The molecule has 0 unspecified atom stereocenters. The number of hydrogen-bond donors (Lipinski definition) is 0. The van der Waals surface area contributed by atoms with Gasteiger partial charge in [0, 0.05) is 29.9 Å². The number of rotatable bonds is 2. The lowest BCUT2D eigenvalue weighted by Gasteiger charge is -2.17. The molecular weight excluding hydrogens is 290 g/mol. The number of thioether (sulfide) groups is 1. The molecule has 1 aromatic rings. The van der Waals surface area contributed by atoms with Gasteiger partial charge in [-0.1, -0.05) is 18.5 Å². The van der Waals surface area contributed by atoms with Crippen LogP contribution in [0.2, 0.25) is 5.02 Å². The number of hydrazone groups is 1. The normalized spacial score (nSPS) is 22.6. The van der Waals surface area contributed by atoms with Crippen LogP contribution in [0, 0.1) is 0 Å². The SMILES string of the molecule is CCC1=NN(c2ccc(Cl)cc2)C/C1=C1/SCCN1C. The maximum atomic E-state index is 5.95. The molecule has 1 saturated heterocycles. The first-order valence-electron chi connectivity index (χ1n) is 6.87. The molecule has 2 aliphatic heterocycles. The average Bonchev–Trinajstić information content (AvgIpc) is 3.05. The second-order valence-corrected chi connectivity index (χ2v) is 6.51. The second-order valence-electron chi connectivity index (χ2n) is 4.99. The van der Waals surface area contributed by atoms with E-state index in [1.54, 1.807) is 0 Å². The maximum Gasteiger partial charge on any atom is 0.0776 e. The van der Waals surface area contributed by atoms with Crippen LogP contribution >= 0.6 is 23.4 Å². The van der Waals surface area contributed by atoms with E-state index >= 15 is 0 Å². The van der Waals surface area contributed by atoms with E-state index in [2.05, 4.69) is 23.9 Å². The zero-order valence-electron chi connectivity index (χ0n) is 11.8. The number of anilines is 1. The van der Waals surface area contributed by atoms with Gasteiger partial charge in [0.25, 0.3) is 0 Å². The van der Waals surface area contributed by atoms with Gasteiger partial charge in [-0.3, -0.25) is 5.01 Å². The van der Waals surface area contributed by atoms with E-state index in [1.807, 2.05) is 36.0 Å². The van der Waals surface area contributed by atoms with Crippen molar-refractivity contribution >= 4 is 34.8 Å². The fourth-order valence-corrected chi connectivity index (χ4v) is 3.88. The van der Waals surface area contributed by atoms with Crippen molar-refractivity contribution < 1.29 is 0 Å². The van der Waals surface area contributed by atoms with Gasteiger partial charge in [0.2, 0.25) is 0 Å². The quantitative estimate of drug-likeness (QED) is 0.828. The van der Waals surface area contributed by atoms with Gasteiger partial charge < -0.3 is 4.90 Å². The molecule has 3 nitrogen and oxygen atoms in total. The molecule has 106 valence electrons. The van der Waals surface area contributed by atoms with Crippen molar-refractivity contribution in [1.82, 2.24) is 4.90 Å². The molecule has 2 aliphatic rings. The number of hydrogen-bond acceptors (Lipinski definition) is 4. The van der Waals surface area contributed by atoms with Crippen molar-refractivity contribution in [2.24, 2.45) is 5.10 Å². The Morgan fingerprint density at radius 2 is 2.05 bits per heavy atom. The molecule has 2 heterocycles. The second kappa shape index (κ2) is 5.70. The summed E-state index contributed by atoms with van der Waals surface area (Å²) >= 11 is 7.90. The van der Waals surface area contributed by atoms with E-state index in [0.29, 0.717) is 0 Å². The average molecular weight is 308 g/mol. The highest BCUT2D eigenvalue weighted by Gasteiger charge is 2.27. The summed E-state index contributed by atoms with van der Waals surface area (Å²) in [4.78, 5) is 2.34. The molecule has 0 aromatic heterocycles. The lowest BCUT2D eigenvalue weighted by Crippen LogP contribution is -2.18. The van der Waals surface area contributed by atoms with Gasteiger partial charge in [-0.2, -0.15) is 5.10 Å². The van der Waals surface area contributed by atoms with Crippen molar-refractivity contribution in [3.05, 3.63) is 39.9 Å². The molecule has 0 radical (unpaired) electrons. The molecule has 3 rings (SSSR count). The molecule has 0 N–H and O–H groups in total. The van der Waals surface area contributed by atoms with Crippen molar-refractivity contribution in [3.63, 3.8) is 0 Å². The van der Waals surface area contributed by atoms with Gasteiger partial charge in [0.1, 0.15) is 0 Å². The Kier molecular flexibility index (Phi) is 3.94. The van der Waals surface area contributed by atoms with E-state index in [4.69, 9.17) is 16.7 Å². The Labute approximate surface area is 129 Å². The number of halogens is 1. The fourth-order valence-electron chi connectivity index (χ4n) is 2.53. The third-order valence-electron chi connectivity index (χ3n) is 3.63. The van der Waals surface area contributed by atoms with Gasteiger partial charge >= 0.3 is 0 Å².